The molecule has 0 aromatic carbocycles. The van der Waals surface area contributed by atoms with Gasteiger partial charge in [0.15, 0.2) is 0 Å². The van der Waals surface area contributed by atoms with Gasteiger partial charge in [0.05, 0.1) is 6.54 Å². The monoisotopic (exact) mass is 140 g/mol. The third-order valence-corrected chi connectivity index (χ3v) is 2.38. The molecule has 1 N–H and O–H groups in total. The predicted octanol–water partition coefficient (Wildman–Crippen LogP) is -0.419. The molecule has 2 aliphatic heterocycles. The number of amides is 1. The lowest BCUT2D eigenvalue weighted by atomic mass is 10.2. The van der Waals surface area contributed by atoms with E-state index in [1.807, 2.05) is 0 Å². The van der Waals surface area contributed by atoms with Crippen LogP contribution in [0.1, 0.15) is 12.8 Å². The minimum atomic E-state index is 0.193. The molecule has 10 heavy (non-hydrogen) atoms. The van der Waals surface area contributed by atoms with Crippen LogP contribution in [-0.4, -0.2) is 36.5 Å². The number of hydrogen-bond acceptors (Lipinski definition) is 2. The van der Waals surface area contributed by atoms with E-state index in [0.717, 1.165) is 13.1 Å². The molecular formula is C7H12N2O. The SMILES string of the molecule is O=C1CN2CCCC2CN1. The van der Waals surface area contributed by atoms with E-state index in [2.05, 4.69) is 10.2 Å². The van der Waals surface area contributed by atoms with Gasteiger partial charge in [0, 0.05) is 12.6 Å². The van der Waals surface area contributed by atoms with Crippen molar-refractivity contribution in [2.45, 2.75) is 18.9 Å². The predicted molar refractivity (Wildman–Crippen MR) is 37.6 cm³/mol. The van der Waals surface area contributed by atoms with E-state index in [4.69, 9.17) is 0 Å². The molecule has 0 aromatic heterocycles. The van der Waals surface area contributed by atoms with Gasteiger partial charge in [-0.05, 0) is 19.4 Å². The minimum Gasteiger partial charge on any atom is -0.353 e. The van der Waals surface area contributed by atoms with Gasteiger partial charge in [0.2, 0.25) is 5.91 Å². The van der Waals surface area contributed by atoms with E-state index >= 15 is 0 Å². The molecule has 3 nitrogen and oxygen atoms in total. The van der Waals surface area contributed by atoms with Gasteiger partial charge >= 0.3 is 0 Å². The normalized spacial score (nSPS) is 33.6. The number of nitrogens with one attached hydrogen (secondary N) is 1. The van der Waals surface area contributed by atoms with E-state index in [1.54, 1.807) is 0 Å². The summed E-state index contributed by atoms with van der Waals surface area (Å²) < 4.78 is 0. The van der Waals surface area contributed by atoms with Crippen molar-refractivity contribution in [3.8, 4) is 0 Å². The number of hydrogen-bond donors (Lipinski definition) is 1. The number of carbonyl (C=O) groups excluding carboxylic acids is 1. The van der Waals surface area contributed by atoms with Crippen molar-refractivity contribution in [1.82, 2.24) is 10.2 Å². The maximum atomic E-state index is 10.9. The third-order valence-electron chi connectivity index (χ3n) is 2.38. The van der Waals surface area contributed by atoms with Crippen molar-refractivity contribution < 1.29 is 4.79 Å². The van der Waals surface area contributed by atoms with Crippen LogP contribution < -0.4 is 5.32 Å². The first-order chi connectivity index (χ1) is 4.86. The Kier molecular flexibility index (Phi) is 1.38. The number of piperazine rings is 1. The summed E-state index contributed by atoms with van der Waals surface area (Å²) in [4.78, 5) is 13.1. The molecule has 1 amide bonds. The Balaban J connectivity index is 2.03. The lowest BCUT2D eigenvalue weighted by Gasteiger charge is -2.28. The molecule has 2 rings (SSSR count). The molecule has 1 atom stereocenters. The maximum absolute atomic E-state index is 10.9. The lowest BCUT2D eigenvalue weighted by molar-refractivity contribution is -0.124. The summed E-state index contributed by atoms with van der Waals surface area (Å²) in [6.45, 7) is 2.63. The van der Waals surface area contributed by atoms with Crippen LogP contribution in [0, 0.1) is 0 Å². The molecule has 1 unspecified atom stereocenters. The molecule has 0 aliphatic carbocycles. The van der Waals surface area contributed by atoms with Gasteiger partial charge < -0.3 is 5.32 Å². The van der Waals surface area contributed by atoms with Crippen molar-refractivity contribution >= 4 is 5.91 Å². The highest BCUT2D eigenvalue weighted by Gasteiger charge is 2.29. The van der Waals surface area contributed by atoms with Crippen LogP contribution in [-0.2, 0) is 4.79 Å². The average molecular weight is 140 g/mol. The van der Waals surface area contributed by atoms with Gasteiger partial charge in [0.25, 0.3) is 0 Å². The third kappa shape index (κ3) is 0.904. The van der Waals surface area contributed by atoms with Gasteiger partial charge in [-0.1, -0.05) is 0 Å². The summed E-state index contributed by atoms with van der Waals surface area (Å²) in [5.41, 5.74) is 0. The fourth-order valence-electron chi connectivity index (χ4n) is 1.81. The van der Waals surface area contributed by atoms with Crippen molar-refractivity contribution in [1.29, 1.82) is 0 Å². The maximum Gasteiger partial charge on any atom is 0.234 e. The van der Waals surface area contributed by atoms with Crippen LogP contribution in [0.4, 0.5) is 0 Å². The molecular weight excluding hydrogens is 128 g/mol. The Morgan fingerprint density at radius 1 is 1.60 bits per heavy atom. The van der Waals surface area contributed by atoms with Crippen LogP contribution in [0.2, 0.25) is 0 Å². The highest BCUT2D eigenvalue weighted by molar-refractivity contribution is 5.78. The smallest absolute Gasteiger partial charge is 0.234 e. The highest BCUT2D eigenvalue weighted by Crippen LogP contribution is 2.17. The first-order valence-corrected chi connectivity index (χ1v) is 3.87. The lowest BCUT2D eigenvalue weighted by Crippen LogP contribution is -2.51. The van der Waals surface area contributed by atoms with Crippen molar-refractivity contribution in [3.05, 3.63) is 0 Å². The summed E-state index contributed by atoms with van der Waals surface area (Å²) in [5, 5.41) is 2.87. The molecule has 0 radical (unpaired) electrons. The fraction of sp³-hybridized carbons (Fsp3) is 0.857. The fourth-order valence-corrected chi connectivity index (χ4v) is 1.81. The number of nitrogens with zero attached hydrogens (tertiary/aromatic N) is 1. The minimum absolute atomic E-state index is 0.193. The van der Waals surface area contributed by atoms with Crippen LogP contribution in [0.5, 0.6) is 0 Å². The topological polar surface area (TPSA) is 32.3 Å². The molecule has 0 saturated carbocycles. The summed E-state index contributed by atoms with van der Waals surface area (Å²) >= 11 is 0. The zero-order valence-corrected chi connectivity index (χ0v) is 5.97. The Morgan fingerprint density at radius 2 is 2.50 bits per heavy atom. The largest absolute Gasteiger partial charge is 0.353 e. The molecule has 56 valence electrons. The number of carbonyl (C=O) groups is 1. The highest BCUT2D eigenvalue weighted by atomic mass is 16.2. The van der Waals surface area contributed by atoms with E-state index in [0.29, 0.717) is 12.6 Å². The second kappa shape index (κ2) is 2.23. The van der Waals surface area contributed by atoms with Crippen molar-refractivity contribution in [2.24, 2.45) is 0 Å². The van der Waals surface area contributed by atoms with E-state index in [1.165, 1.54) is 12.8 Å². The Morgan fingerprint density at radius 3 is 3.40 bits per heavy atom. The Labute approximate surface area is 60.4 Å². The van der Waals surface area contributed by atoms with Gasteiger partial charge in [-0.25, -0.2) is 0 Å². The van der Waals surface area contributed by atoms with Crippen LogP contribution in [0.25, 0.3) is 0 Å². The summed E-state index contributed by atoms with van der Waals surface area (Å²) in [6, 6.07) is 0.651. The zero-order chi connectivity index (χ0) is 6.97. The van der Waals surface area contributed by atoms with E-state index in [9.17, 15) is 4.79 Å². The average Bonchev–Trinajstić information content (AvgIpc) is 2.33. The summed E-state index contributed by atoms with van der Waals surface area (Å²) in [6.07, 6.45) is 2.53. The van der Waals surface area contributed by atoms with Crippen molar-refractivity contribution in [2.75, 3.05) is 19.6 Å². The molecule has 2 aliphatic rings. The van der Waals surface area contributed by atoms with E-state index < -0.39 is 0 Å². The van der Waals surface area contributed by atoms with Gasteiger partial charge in [0.1, 0.15) is 0 Å². The Bertz CT molecular complexity index is 158. The van der Waals surface area contributed by atoms with Gasteiger partial charge in [-0.2, -0.15) is 0 Å². The zero-order valence-electron chi connectivity index (χ0n) is 5.97. The molecule has 3 heteroatoms. The molecule has 0 aromatic rings. The molecule has 2 saturated heterocycles. The summed E-state index contributed by atoms with van der Waals surface area (Å²) in [7, 11) is 0. The quantitative estimate of drug-likeness (QED) is 0.495. The first kappa shape index (κ1) is 6.16. The number of fused-ring (bicyclic) bond motifs is 1. The molecule has 0 spiro atoms. The standard InChI is InChI=1S/C7H12N2O/c10-7-5-9-3-1-2-6(9)4-8-7/h6H,1-5H2,(H,8,10). The summed E-state index contributed by atoms with van der Waals surface area (Å²) in [5.74, 6) is 0.193. The number of rotatable bonds is 0. The van der Waals surface area contributed by atoms with Crippen LogP contribution in [0.3, 0.4) is 0 Å². The molecule has 2 heterocycles. The van der Waals surface area contributed by atoms with Gasteiger partial charge in [-0.15, -0.1) is 0 Å². The van der Waals surface area contributed by atoms with E-state index in [-0.39, 0.29) is 5.91 Å². The Hall–Kier alpha value is -0.570. The second-order valence-corrected chi connectivity index (χ2v) is 3.07. The first-order valence-electron chi connectivity index (χ1n) is 3.87. The molecule has 0 bridgehead atoms. The second-order valence-electron chi connectivity index (χ2n) is 3.07. The molecule has 2 fully saturated rings. The van der Waals surface area contributed by atoms with Crippen molar-refractivity contribution in [3.63, 3.8) is 0 Å². The van der Waals surface area contributed by atoms with Crippen LogP contribution in [0.15, 0.2) is 0 Å². The van der Waals surface area contributed by atoms with Gasteiger partial charge in [-0.3, -0.25) is 9.69 Å². The van der Waals surface area contributed by atoms with Crippen LogP contribution >= 0.6 is 0 Å².